The number of hydrogen-bond donors (Lipinski definition) is 1. The Morgan fingerprint density at radius 1 is 1.60 bits per heavy atom. The number of nitrogens with zero attached hydrogens (tertiary/aromatic N) is 1. The normalized spacial score (nSPS) is 22.2. The van der Waals surface area contributed by atoms with Crippen molar-refractivity contribution in [2.45, 2.75) is 32.2 Å². The monoisotopic (exact) mass is 210 g/mol. The molecule has 0 radical (unpaired) electrons. The third-order valence-electron chi connectivity index (χ3n) is 2.48. The highest BCUT2D eigenvalue weighted by molar-refractivity contribution is 5.89. The van der Waals surface area contributed by atoms with Crippen molar-refractivity contribution >= 4 is 11.8 Å². The quantitative estimate of drug-likeness (QED) is 0.694. The van der Waals surface area contributed by atoms with Crippen LogP contribution in [0.5, 0.6) is 0 Å². The van der Waals surface area contributed by atoms with Crippen LogP contribution in [0, 0.1) is 0 Å². The zero-order valence-electron chi connectivity index (χ0n) is 9.16. The molecule has 0 aromatic carbocycles. The summed E-state index contributed by atoms with van der Waals surface area (Å²) in [6, 6.07) is -0.343. The van der Waals surface area contributed by atoms with E-state index in [1.165, 1.54) is 0 Å². The molecule has 1 fully saturated rings. The Bertz CT molecular complexity index is 263. The second-order valence-corrected chi connectivity index (χ2v) is 3.73. The molecule has 1 aliphatic rings. The molecule has 1 unspecified atom stereocenters. The van der Waals surface area contributed by atoms with Gasteiger partial charge in [0.15, 0.2) is 0 Å². The third kappa shape index (κ3) is 3.08. The van der Waals surface area contributed by atoms with E-state index in [2.05, 4.69) is 11.9 Å². The Morgan fingerprint density at radius 3 is 2.93 bits per heavy atom. The fraction of sp³-hybridized carbons (Fsp3) is 0.636. The van der Waals surface area contributed by atoms with Gasteiger partial charge in [0.2, 0.25) is 11.8 Å². The van der Waals surface area contributed by atoms with Gasteiger partial charge < -0.3 is 10.2 Å². The first kappa shape index (κ1) is 11.8. The van der Waals surface area contributed by atoms with Gasteiger partial charge in [-0.1, -0.05) is 19.4 Å². The topological polar surface area (TPSA) is 49.4 Å². The Hall–Kier alpha value is -1.32. The van der Waals surface area contributed by atoms with E-state index in [1.54, 1.807) is 11.0 Å². The summed E-state index contributed by atoms with van der Waals surface area (Å²) in [5.74, 6) is -0.0176. The van der Waals surface area contributed by atoms with Crippen LogP contribution in [0.15, 0.2) is 12.7 Å². The third-order valence-corrected chi connectivity index (χ3v) is 2.48. The number of carbonyl (C=O) groups is 2. The van der Waals surface area contributed by atoms with Crippen molar-refractivity contribution in [3.8, 4) is 0 Å². The number of carbonyl (C=O) groups excluding carboxylic acids is 2. The molecule has 1 N–H and O–H groups in total. The van der Waals surface area contributed by atoms with Crippen molar-refractivity contribution in [1.29, 1.82) is 0 Å². The minimum atomic E-state index is -0.343. The van der Waals surface area contributed by atoms with Crippen LogP contribution in [-0.4, -0.2) is 35.8 Å². The Kier molecular flexibility index (Phi) is 4.34. The smallest absolute Gasteiger partial charge is 0.245 e. The van der Waals surface area contributed by atoms with Gasteiger partial charge in [-0.25, -0.2) is 0 Å². The van der Waals surface area contributed by atoms with Crippen molar-refractivity contribution in [1.82, 2.24) is 10.2 Å². The van der Waals surface area contributed by atoms with E-state index < -0.39 is 0 Å². The lowest BCUT2D eigenvalue weighted by atomic mass is 10.1. The summed E-state index contributed by atoms with van der Waals surface area (Å²) < 4.78 is 0. The summed E-state index contributed by atoms with van der Waals surface area (Å²) >= 11 is 0. The molecule has 4 nitrogen and oxygen atoms in total. The van der Waals surface area contributed by atoms with E-state index in [4.69, 9.17) is 0 Å². The van der Waals surface area contributed by atoms with Crippen LogP contribution in [0.4, 0.5) is 0 Å². The lowest BCUT2D eigenvalue weighted by Crippen LogP contribution is -2.44. The second-order valence-electron chi connectivity index (χ2n) is 3.73. The molecule has 0 aliphatic carbocycles. The molecular formula is C11H18N2O2. The zero-order valence-corrected chi connectivity index (χ0v) is 9.16. The first-order chi connectivity index (χ1) is 7.19. The highest BCUT2D eigenvalue weighted by Gasteiger charge is 2.28. The van der Waals surface area contributed by atoms with Gasteiger partial charge in [-0.05, 0) is 6.42 Å². The summed E-state index contributed by atoms with van der Waals surface area (Å²) in [6.45, 7) is 6.63. The molecule has 0 bridgehead atoms. The van der Waals surface area contributed by atoms with Gasteiger partial charge in [-0.15, -0.1) is 6.58 Å². The summed E-state index contributed by atoms with van der Waals surface area (Å²) in [5, 5.41) is 2.75. The fourth-order valence-corrected chi connectivity index (χ4v) is 1.72. The molecule has 2 amide bonds. The largest absolute Gasteiger partial charge is 0.344 e. The molecule has 1 aliphatic heterocycles. The Labute approximate surface area is 90.3 Å². The molecule has 84 valence electrons. The molecule has 1 atom stereocenters. The number of nitrogens with one attached hydrogen (secondary N) is 1. The molecule has 1 heterocycles. The summed E-state index contributed by atoms with van der Waals surface area (Å²) in [4.78, 5) is 25.0. The maximum Gasteiger partial charge on any atom is 0.245 e. The van der Waals surface area contributed by atoms with Crippen molar-refractivity contribution in [2.75, 3.05) is 13.1 Å². The van der Waals surface area contributed by atoms with Crippen LogP contribution < -0.4 is 5.32 Å². The maximum atomic E-state index is 11.9. The predicted octanol–water partition coefficient (Wildman–Crippen LogP) is 0.690. The van der Waals surface area contributed by atoms with Gasteiger partial charge in [-0.2, -0.15) is 0 Å². The average Bonchev–Trinajstić information content (AvgIpc) is 2.33. The fourth-order valence-electron chi connectivity index (χ4n) is 1.72. The summed E-state index contributed by atoms with van der Waals surface area (Å²) in [5.41, 5.74) is 0. The van der Waals surface area contributed by atoms with E-state index in [0.29, 0.717) is 25.9 Å². The highest BCUT2D eigenvalue weighted by Crippen LogP contribution is 2.08. The van der Waals surface area contributed by atoms with Gasteiger partial charge in [0, 0.05) is 19.5 Å². The van der Waals surface area contributed by atoms with Crippen molar-refractivity contribution in [3.63, 3.8) is 0 Å². The first-order valence-electron chi connectivity index (χ1n) is 5.38. The molecular weight excluding hydrogens is 192 g/mol. The van der Waals surface area contributed by atoms with Crippen LogP contribution >= 0.6 is 0 Å². The summed E-state index contributed by atoms with van der Waals surface area (Å²) in [7, 11) is 0. The van der Waals surface area contributed by atoms with Crippen LogP contribution in [0.2, 0.25) is 0 Å². The van der Waals surface area contributed by atoms with Crippen LogP contribution in [0.1, 0.15) is 26.2 Å². The summed E-state index contributed by atoms with van der Waals surface area (Å²) in [6.07, 6.45) is 3.67. The van der Waals surface area contributed by atoms with Gasteiger partial charge in [-0.3, -0.25) is 9.59 Å². The van der Waals surface area contributed by atoms with Crippen molar-refractivity contribution in [3.05, 3.63) is 12.7 Å². The van der Waals surface area contributed by atoms with Crippen LogP contribution in [-0.2, 0) is 9.59 Å². The number of rotatable bonds is 4. The van der Waals surface area contributed by atoms with E-state index in [0.717, 1.165) is 6.42 Å². The minimum Gasteiger partial charge on any atom is -0.344 e. The van der Waals surface area contributed by atoms with Crippen molar-refractivity contribution < 1.29 is 9.59 Å². The van der Waals surface area contributed by atoms with E-state index >= 15 is 0 Å². The molecule has 0 aromatic heterocycles. The van der Waals surface area contributed by atoms with Gasteiger partial charge in [0.1, 0.15) is 6.04 Å². The molecule has 1 rings (SSSR count). The van der Waals surface area contributed by atoms with Crippen LogP contribution in [0.25, 0.3) is 0 Å². The van der Waals surface area contributed by atoms with Gasteiger partial charge in [0.05, 0.1) is 0 Å². The molecule has 4 heteroatoms. The standard InChI is InChI=1S/C11H18N2O2/c1-3-5-9-11(15)13(7-4-2)8-6-10(14)12-9/h4,9H,2-3,5-8H2,1H3,(H,12,14). The second kappa shape index (κ2) is 5.53. The minimum absolute atomic E-state index is 0.0163. The first-order valence-corrected chi connectivity index (χ1v) is 5.38. The molecule has 0 saturated carbocycles. The van der Waals surface area contributed by atoms with E-state index in [9.17, 15) is 9.59 Å². The Morgan fingerprint density at radius 2 is 2.33 bits per heavy atom. The van der Waals surface area contributed by atoms with Crippen LogP contribution in [0.3, 0.4) is 0 Å². The van der Waals surface area contributed by atoms with Gasteiger partial charge >= 0.3 is 0 Å². The highest BCUT2D eigenvalue weighted by atomic mass is 16.2. The maximum absolute atomic E-state index is 11.9. The molecule has 0 aromatic rings. The SMILES string of the molecule is C=CCN1CCC(=O)NC(CCC)C1=O. The predicted molar refractivity (Wildman–Crippen MR) is 58.2 cm³/mol. The lowest BCUT2D eigenvalue weighted by Gasteiger charge is -2.22. The lowest BCUT2D eigenvalue weighted by molar-refractivity contribution is -0.133. The van der Waals surface area contributed by atoms with E-state index in [-0.39, 0.29) is 17.9 Å². The zero-order chi connectivity index (χ0) is 11.3. The van der Waals surface area contributed by atoms with Crippen molar-refractivity contribution in [2.24, 2.45) is 0 Å². The average molecular weight is 210 g/mol. The Balaban J connectivity index is 2.72. The molecule has 15 heavy (non-hydrogen) atoms. The van der Waals surface area contributed by atoms with E-state index in [1.807, 2.05) is 6.92 Å². The molecule has 1 saturated heterocycles. The van der Waals surface area contributed by atoms with Gasteiger partial charge in [0.25, 0.3) is 0 Å². The number of hydrogen-bond acceptors (Lipinski definition) is 2. The number of amides is 2. The molecule has 0 spiro atoms.